The Kier molecular flexibility index (Phi) is 3.97. The average molecular weight is 284 g/mol. The monoisotopic (exact) mass is 284 g/mol. The van der Waals surface area contributed by atoms with Crippen molar-refractivity contribution in [1.82, 2.24) is 10.3 Å². The van der Waals surface area contributed by atoms with Gasteiger partial charge in [-0.15, -0.1) is 0 Å². The zero-order chi connectivity index (χ0) is 14.7. The number of nitrogens with zero attached hydrogens (tertiary/aromatic N) is 3. The lowest BCUT2D eigenvalue weighted by Gasteiger charge is -2.35. The maximum atomic E-state index is 13.7. The number of hydrogen-bond acceptors (Lipinski definition) is 5. The molecule has 2 N–H and O–H groups in total. The third-order valence-electron chi connectivity index (χ3n) is 3.15. The molecule has 2 rings (SSSR count). The third kappa shape index (κ3) is 2.92. The van der Waals surface area contributed by atoms with Gasteiger partial charge < -0.3 is 15.3 Å². The maximum absolute atomic E-state index is 13.7. The first-order valence-corrected chi connectivity index (χ1v) is 5.96. The Morgan fingerprint density at radius 1 is 1.65 bits per heavy atom. The van der Waals surface area contributed by atoms with E-state index in [1.54, 1.807) is 4.90 Å². The molecule has 0 spiro atoms. The highest BCUT2D eigenvalue weighted by molar-refractivity contribution is 5.66. The second kappa shape index (κ2) is 5.68. The number of carboxylic acid groups (broad SMARTS) is 1. The number of anilines is 1. The Hall–Kier alpha value is -2.45. The summed E-state index contributed by atoms with van der Waals surface area (Å²) in [4.78, 5) is 26.3. The van der Waals surface area contributed by atoms with E-state index >= 15 is 0 Å². The van der Waals surface area contributed by atoms with Gasteiger partial charge in [-0.25, -0.2) is 9.18 Å². The number of amides is 1. The smallest absolute Gasteiger partial charge is 0.405 e. The minimum absolute atomic E-state index is 0.0400. The summed E-state index contributed by atoms with van der Waals surface area (Å²) < 4.78 is 13.7. The number of piperidine rings is 1. The molecule has 0 aliphatic carbocycles. The highest BCUT2D eigenvalue weighted by Crippen LogP contribution is 2.29. The summed E-state index contributed by atoms with van der Waals surface area (Å²) in [5.41, 5.74) is 0.132. The number of alkyl halides is 1. The minimum Gasteiger partial charge on any atom is -0.465 e. The number of pyridine rings is 1. The number of nitrogens with one attached hydrogen (secondary N) is 1. The summed E-state index contributed by atoms with van der Waals surface area (Å²) in [6, 6.07) is 0.558. The van der Waals surface area contributed by atoms with Crippen LogP contribution in [0.3, 0.4) is 0 Å². The standard InChI is InChI=1S/C11H13FN4O4/c12-7-2-4-15(6-8(7)14-11(17)18)9-1-3-13-5-10(9)16(19)20/h1,3,5,7-8,14H,2,4,6H2,(H,17,18)/t7-,8-/m1/s1. The van der Waals surface area contributed by atoms with Gasteiger partial charge in [0, 0.05) is 19.3 Å². The molecule has 0 saturated carbocycles. The van der Waals surface area contributed by atoms with Crippen molar-refractivity contribution in [2.45, 2.75) is 18.6 Å². The van der Waals surface area contributed by atoms with Gasteiger partial charge in [-0.2, -0.15) is 0 Å². The lowest BCUT2D eigenvalue weighted by molar-refractivity contribution is -0.384. The summed E-state index contributed by atoms with van der Waals surface area (Å²) in [7, 11) is 0. The molecule has 1 saturated heterocycles. The van der Waals surface area contributed by atoms with Crippen LogP contribution >= 0.6 is 0 Å². The number of carbonyl (C=O) groups is 1. The molecule has 2 heterocycles. The van der Waals surface area contributed by atoms with E-state index < -0.39 is 23.2 Å². The van der Waals surface area contributed by atoms with E-state index in [0.717, 1.165) is 6.20 Å². The molecule has 1 aliphatic rings. The quantitative estimate of drug-likeness (QED) is 0.637. The van der Waals surface area contributed by atoms with Crippen LogP contribution in [-0.4, -0.2) is 46.4 Å². The number of aromatic nitrogens is 1. The normalized spacial score (nSPS) is 22.4. The fourth-order valence-corrected chi connectivity index (χ4v) is 2.22. The highest BCUT2D eigenvalue weighted by atomic mass is 19.1. The van der Waals surface area contributed by atoms with Gasteiger partial charge in [0.2, 0.25) is 0 Å². The molecule has 1 fully saturated rings. The van der Waals surface area contributed by atoms with Crippen molar-refractivity contribution in [2.75, 3.05) is 18.0 Å². The molecular formula is C11H13FN4O4. The molecule has 1 amide bonds. The summed E-state index contributed by atoms with van der Waals surface area (Å²) in [5, 5.41) is 21.7. The molecule has 0 aromatic carbocycles. The number of halogens is 1. The van der Waals surface area contributed by atoms with Crippen molar-refractivity contribution < 1.29 is 19.2 Å². The molecule has 8 nitrogen and oxygen atoms in total. The van der Waals surface area contributed by atoms with Gasteiger partial charge >= 0.3 is 11.8 Å². The van der Waals surface area contributed by atoms with Gasteiger partial charge in [0.1, 0.15) is 18.1 Å². The predicted molar refractivity (Wildman–Crippen MR) is 67.6 cm³/mol. The van der Waals surface area contributed by atoms with Crippen molar-refractivity contribution in [1.29, 1.82) is 0 Å². The van der Waals surface area contributed by atoms with E-state index in [2.05, 4.69) is 10.3 Å². The Bertz CT molecular complexity index is 527. The van der Waals surface area contributed by atoms with E-state index in [0.29, 0.717) is 5.69 Å². The van der Waals surface area contributed by atoms with Gasteiger partial charge in [-0.05, 0) is 12.5 Å². The summed E-state index contributed by atoms with van der Waals surface area (Å²) in [6.45, 7) is 0.322. The van der Waals surface area contributed by atoms with Gasteiger partial charge in [0.15, 0.2) is 0 Å². The summed E-state index contributed by atoms with van der Waals surface area (Å²) in [5.74, 6) is 0. The molecule has 9 heteroatoms. The van der Waals surface area contributed by atoms with Crippen molar-refractivity contribution in [3.63, 3.8) is 0 Å². The molecule has 0 unspecified atom stereocenters. The van der Waals surface area contributed by atoms with Gasteiger partial charge in [0.05, 0.1) is 11.0 Å². The molecule has 1 aliphatic heterocycles. The fourth-order valence-electron chi connectivity index (χ4n) is 2.22. The Morgan fingerprint density at radius 2 is 2.40 bits per heavy atom. The average Bonchev–Trinajstić information content (AvgIpc) is 2.40. The van der Waals surface area contributed by atoms with Crippen molar-refractivity contribution in [2.24, 2.45) is 0 Å². The van der Waals surface area contributed by atoms with Gasteiger partial charge in [-0.3, -0.25) is 15.1 Å². The van der Waals surface area contributed by atoms with Gasteiger partial charge in [0.25, 0.3) is 0 Å². The van der Waals surface area contributed by atoms with E-state index in [9.17, 15) is 19.3 Å². The number of hydrogen-bond donors (Lipinski definition) is 2. The second-order valence-electron chi connectivity index (χ2n) is 4.43. The van der Waals surface area contributed by atoms with Crippen LogP contribution in [0.25, 0.3) is 0 Å². The zero-order valence-corrected chi connectivity index (χ0v) is 10.4. The molecule has 1 aromatic heterocycles. The molecule has 2 atom stereocenters. The molecule has 0 radical (unpaired) electrons. The van der Waals surface area contributed by atoms with Crippen molar-refractivity contribution in [3.8, 4) is 0 Å². The van der Waals surface area contributed by atoms with Crippen LogP contribution < -0.4 is 10.2 Å². The number of nitro groups is 1. The molecule has 20 heavy (non-hydrogen) atoms. The lowest BCUT2D eigenvalue weighted by atomic mass is 10.0. The van der Waals surface area contributed by atoms with Crippen LogP contribution in [0.15, 0.2) is 18.5 Å². The first-order valence-electron chi connectivity index (χ1n) is 5.96. The van der Waals surface area contributed by atoms with E-state index in [4.69, 9.17) is 5.11 Å². The Morgan fingerprint density at radius 3 is 3.05 bits per heavy atom. The molecule has 0 bridgehead atoms. The van der Waals surface area contributed by atoms with Crippen LogP contribution in [0.5, 0.6) is 0 Å². The van der Waals surface area contributed by atoms with Gasteiger partial charge in [-0.1, -0.05) is 0 Å². The molecule has 108 valence electrons. The molecule has 1 aromatic rings. The lowest BCUT2D eigenvalue weighted by Crippen LogP contribution is -2.53. The largest absolute Gasteiger partial charge is 0.465 e. The van der Waals surface area contributed by atoms with E-state index in [-0.39, 0.29) is 25.2 Å². The highest BCUT2D eigenvalue weighted by Gasteiger charge is 2.32. The zero-order valence-electron chi connectivity index (χ0n) is 10.4. The molecular weight excluding hydrogens is 271 g/mol. The topological polar surface area (TPSA) is 109 Å². The summed E-state index contributed by atoms with van der Waals surface area (Å²) >= 11 is 0. The van der Waals surface area contributed by atoms with E-state index in [1.165, 1.54) is 12.3 Å². The van der Waals surface area contributed by atoms with Crippen LogP contribution in [0.1, 0.15) is 6.42 Å². The maximum Gasteiger partial charge on any atom is 0.405 e. The van der Waals surface area contributed by atoms with Crippen LogP contribution in [0.2, 0.25) is 0 Å². The third-order valence-corrected chi connectivity index (χ3v) is 3.15. The predicted octanol–water partition coefficient (Wildman–Crippen LogP) is 1.17. The van der Waals surface area contributed by atoms with Crippen LogP contribution in [0, 0.1) is 10.1 Å². The SMILES string of the molecule is O=C(O)N[C@@H]1CN(c2ccncc2[N+](=O)[O-])CC[C@H]1F. The van der Waals surface area contributed by atoms with Crippen LogP contribution in [0.4, 0.5) is 20.6 Å². The number of rotatable bonds is 3. The van der Waals surface area contributed by atoms with Crippen LogP contribution in [-0.2, 0) is 0 Å². The minimum atomic E-state index is -1.32. The van der Waals surface area contributed by atoms with Crippen molar-refractivity contribution >= 4 is 17.5 Å². The van der Waals surface area contributed by atoms with Crippen molar-refractivity contribution in [3.05, 3.63) is 28.6 Å². The first kappa shape index (κ1) is 14.0. The fraction of sp³-hybridized carbons (Fsp3) is 0.455. The first-order chi connectivity index (χ1) is 9.49. The summed E-state index contributed by atoms with van der Waals surface area (Å²) in [6.07, 6.45) is 0.0108. The Balaban J connectivity index is 2.21. The Labute approximate surface area is 113 Å². The van der Waals surface area contributed by atoms with E-state index in [1.807, 2.05) is 0 Å². The second-order valence-corrected chi connectivity index (χ2v) is 4.43.